The average Bonchev–Trinajstić information content (AvgIpc) is 3.33. The molecule has 380 valence electrons. The van der Waals surface area contributed by atoms with Gasteiger partial charge in [0.15, 0.2) is 6.10 Å². The summed E-state index contributed by atoms with van der Waals surface area (Å²) in [6.45, 7) is 6.46. The normalized spacial score (nSPS) is 12.5. The maximum absolute atomic E-state index is 12.8. The lowest BCUT2D eigenvalue weighted by Gasteiger charge is -2.18. The molecule has 0 unspecified atom stereocenters. The molecule has 0 amide bonds. The molecule has 0 aliphatic carbocycles. The van der Waals surface area contributed by atoms with Crippen LogP contribution in [-0.2, 0) is 28.6 Å². The van der Waals surface area contributed by atoms with Crippen LogP contribution in [0.25, 0.3) is 0 Å². The van der Waals surface area contributed by atoms with Gasteiger partial charge in [-0.05, 0) is 122 Å². The van der Waals surface area contributed by atoms with E-state index >= 15 is 0 Å². The standard InChI is InChI=1S/C61H100O6/c1-4-7-10-13-16-19-22-25-28-29-30-31-34-37-40-43-46-49-52-55-61(64)67-58(56-65-59(62)53-50-47-44-41-38-35-32-26-23-20-17-14-11-8-5-2)57-66-60(63)54-51-48-45-42-39-36-33-27-24-21-18-15-12-9-6-3/h16-21,25-28,30-33,37,40,46,49,58H,4-15,22-24,29,34-36,38-39,41-45,47-48,50-57H2,1-3H3/b19-16-,20-17-,21-18-,28-25-,31-30-,32-26-,33-27-,40-37-,49-46-. The molecular formula is C61H100O6. The van der Waals surface area contributed by atoms with Crippen molar-refractivity contribution in [3.63, 3.8) is 0 Å². The Hall–Kier alpha value is -3.93. The van der Waals surface area contributed by atoms with Gasteiger partial charge >= 0.3 is 17.9 Å². The molecule has 0 heterocycles. The molecule has 0 N–H and O–H groups in total. The zero-order valence-corrected chi connectivity index (χ0v) is 43.4. The Kier molecular flexibility index (Phi) is 51.5. The molecule has 0 bridgehead atoms. The van der Waals surface area contributed by atoms with E-state index < -0.39 is 12.1 Å². The predicted molar refractivity (Wildman–Crippen MR) is 288 cm³/mol. The van der Waals surface area contributed by atoms with Gasteiger partial charge in [-0.1, -0.05) is 207 Å². The number of hydrogen-bond acceptors (Lipinski definition) is 6. The van der Waals surface area contributed by atoms with Gasteiger partial charge in [0.1, 0.15) is 13.2 Å². The molecule has 0 saturated carbocycles. The fourth-order valence-electron chi connectivity index (χ4n) is 7.07. The molecule has 0 aromatic heterocycles. The first kappa shape index (κ1) is 63.1. The largest absolute Gasteiger partial charge is 0.462 e. The molecule has 0 aliphatic rings. The molecule has 6 heteroatoms. The van der Waals surface area contributed by atoms with Gasteiger partial charge in [0.05, 0.1) is 0 Å². The molecule has 0 saturated heterocycles. The van der Waals surface area contributed by atoms with Crippen LogP contribution >= 0.6 is 0 Å². The van der Waals surface area contributed by atoms with E-state index in [-0.39, 0.29) is 31.6 Å². The Morgan fingerprint density at radius 1 is 0.299 bits per heavy atom. The van der Waals surface area contributed by atoms with Crippen molar-refractivity contribution >= 4 is 17.9 Å². The van der Waals surface area contributed by atoms with Crippen LogP contribution in [-0.4, -0.2) is 37.2 Å². The summed E-state index contributed by atoms with van der Waals surface area (Å²) in [5.74, 6) is -1.03. The second kappa shape index (κ2) is 54.7. The van der Waals surface area contributed by atoms with Crippen molar-refractivity contribution in [2.24, 2.45) is 0 Å². The highest BCUT2D eigenvalue weighted by Crippen LogP contribution is 2.12. The Balaban J connectivity index is 4.57. The summed E-state index contributed by atoms with van der Waals surface area (Å²) < 4.78 is 16.7. The first-order chi connectivity index (χ1) is 33.0. The SMILES string of the molecule is CCCCC/C=C\C/C=C\C/C=C\C/C=C\C/C=C\CCC(=O)OC(COC(=O)CCCCCCC/C=C\C/C=C\CCCCC)COC(=O)CCCCCCC/C=C\C/C=C\CCCCC. The van der Waals surface area contributed by atoms with E-state index in [1.807, 2.05) is 12.2 Å². The Bertz CT molecular complexity index is 1330. The molecular weight excluding hydrogens is 829 g/mol. The van der Waals surface area contributed by atoms with Crippen molar-refractivity contribution in [2.75, 3.05) is 13.2 Å². The van der Waals surface area contributed by atoms with E-state index in [0.29, 0.717) is 19.3 Å². The smallest absolute Gasteiger partial charge is 0.306 e. The highest BCUT2D eigenvalue weighted by molar-refractivity contribution is 5.71. The van der Waals surface area contributed by atoms with Crippen molar-refractivity contribution in [2.45, 2.75) is 245 Å². The molecule has 0 aliphatic heterocycles. The number of ether oxygens (including phenoxy) is 3. The topological polar surface area (TPSA) is 78.9 Å². The minimum atomic E-state index is -0.831. The van der Waals surface area contributed by atoms with E-state index in [9.17, 15) is 14.4 Å². The van der Waals surface area contributed by atoms with Crippen LogP contribution in [0.15, 0.2) is 109 Å². The first-order valence-electron chi connectivity index (χ1n) is 27.4. The lowest BCUT2D eigenvalue weighted by molar-refractivity contribution is -0.166. The summed E-state index contributed by atoms with van der Waals surface area (Å²) in [4.78, 5) is 38.0. The zero-order chi connectivity index (χ0) is 48.6. The third kappa shape index (κ3) is 52.9. The fourth-order valence-corrected chi connectivity index (χ4v) is 7.07. The second-order valence-corrected chi connectivity index (χ2v) is 17.8. The number of allylic oxidation sites excluding steroid dienone is 18. The van der Waals surface area contributed by atoms with Crippen LogP contribution < -0.4 is 0 Å². The molecule has 6 nitrogen and oxygen atoms in total. The van der Waals surface area contributed by atoms with Gasteiger partial charge in [0, 0.05) is 19.3 Å². The fraction of sp³-hybridized carbons (Fsp3) is 0.656. The molecule has 67 heavy (non-hydrogen) atoms. The van der Waals surface area contributed by atoms with Gasteiger partial charge in [0.25, 0.3) is 0 Å². The Labute approximate surface area is 412 Å². The van der Waals surface area contributed by atoms with Crippen molar-refractivity contribution in [3.05, 3.63) is 109 Å². The van der Waals surface area contributed by atoms with Crippen LogP contribution in [0.1, 0.15) is 239 Å². The van der Waals surface area contributed by atoms with E-state index in [4.69, 9.17) is 14.2 Å². The highest BCUT2D eigenvalue weighted by Gasteiger charge is 2.19. The zero-order valence-electron chi connectivity index (χ0n) is 43.4. The van der Waals surface area contributed by atoms with E-state index in [2.05, 4.69) is 118 Å². The molecule has 0 aromatic carbocycles. The highest BCUT2D eigenvalue weighted by atomic mass is 16.6. The van der Waals surface area contributed by atoms with E-state index in [1.54, 1.807) is 0 Å². The van der Waals surface area contributed by atoms with Crippen LogP contribution in [0.3, 0.4) is 0 Å². The molecule has 0 atom stereocenters. The first-order valence-corrected chi connectivity index (χ1v) is 27.4. The Morgan fingerprint density at radius 2 is 0.567 bits per heavy atom. The maximum Gasteiger partial charge on any atom is 0.306 e. The Morgan fingerprint density at radius 3 is 0.896 bits per heavy atom. The second-order valence-electron chi connectivity index (χ2n) is 17.8. The van der Waals surface area contributed by atoms with Crippen LogP contribution in [0.5, 0.6) is 0 Å². The molecule has 0 aromatic rings. The van der Waals surface area contributed by atoms with Crippen LogP contribution in [0.2, 0.25) is 0 Å². The van der Waals surface area contributed by atoms with Crippen molar-refractivity contribution in [1.82, 2.24) is 0 Å². The summed E-state index contributed by atoms with van der Waals surface area (Å²) in [5.41, 5.74) is 0. The molecule has 0 rings (SSSR count). The number of unbranched alkanes of at least 4 members (excludes halogenated alkanes) is 19. The third-order valence-corrected chi connectivity index (χ3v) is 11.2. The van der Waals surface area contributed by atoms with Crippen molar-refractivity contribution in [3.8, 4) is 0 Å². The number of carbonyl (C=O) groups is 3. The lowest BCUT2D eigenvalue weighted by Crippen LogP contribution is -2.30. The van der Waals surface area contributed by atoms with Crippen LogP contribution in [0, 0.1) is 0 Å². The molecule has 0 fully saturated rings. The average molecular weight is 929 g/mol. The van der Waals surface area contributed by atoms with E-state index in [1.165, 1.54) is 77.0 Å². The minimum Gasteiger partial charge on any atom is -0.462 e. The van der Waals surface area contributed by atoms with Crippen molar-refractivity contribution in [1.29, 1.82) is 0 Å². The van der Waals surface area contributed by atoms with Crippen molar-refractivity contribution < 1.29 is 28.6 Å². The molecule has 0 spiro atoms. The number of esters is 3. The summed E-state index contributed by atoms with van der Waals surface area (Å²) in [7, 11) is 0. The maximum atomic E-state index is 12.8. The summed E-state index contributed by atoms with van der Waals surface area (Å²) in [6.07, 6.45) is 73.6. The van der Waals surface area contributed by atoms with Gasteiger partial charge in [-0.15, -0.1) is 0 Å². The van der Waals surface area contributed by atoms with E-state index in [0.717, 1.165) is 116 Å². The summed E-state index contributed by atoms with van der Waals surface area (Å²) >= 11 is 0. The van der Waals surface area contributed by atoms with Gasteiger partial charge < -0.3 is 14.2 Å². The number of carbonyl (C=O) groups excluding carboxylic acids is 3. The number of rotatable bonds is 48. The predicted octanol–water partition coefficient (Wildman–Crippen LogP) is 18.3. The monoisotopic (exact) mass is 929 g/mol. The van der Waals surface area contributed by atoms with Gasteiger partial charge in [-0.25, -0.2) is 0 Å². The molecule has 0 radical (unpaired) electrons. The third-order valence-electron chi connectivity index (χ3n) is 11.2. The summed E-state index contributed by atoms with van der Waals surface area (Å²) in [5, 5.41) is 0. The minimum absolute atomic E-state index is 0.121. The number of hydrogen-bond donors (Lipinski definition) is 0. The van der Waals surface area contributed by atoms with Gasteiger partial charge in [-0.2, -0.15) is 0 Å². The summed E-state index contributed by atoms with van der Waals surface area (Å²) in [6, 6.07) is 0. The van der Waals surface area contributed by atoms with Crippen LogP contribution in [0.4, 0.5) is 0 Å². The lowest BCUT2D eigenvalue weighted by atomic mass is 10.1. The van der Waals surface area contributed by atoms with Gasteiger partial charge in [0.2, 0.25) is 0 Å². The quantitative estimate of drug-likeness (QED) is 0.0262. The van der Waals surface area contributed by atoms with Gasteiger partial charge in [-0.3, -0.25) is 14.4 Å².